The Bertz CT molecular complexity index is 756. The zero-order chi connectivity index (χ0) is 18.5. The molecule has 1 N–H and O–H groups in total. The van der Waals surface area contributed by atoms with Crippen molar-refractivity contribution in [2.24, 2.45) is 0 Å². The number of nitrogens with zero attached hydrogens (tertiary/aromatic N) is 2. The average Bonchev–Trinajstić information content (AvgIpc) is 2.68. The molecule has 3 rings (SSSR count). The molecule has 26 heavy (non-hydrogen) atoms. The third-order valence-electron chi connectivity index (χ3n) is 4.72. The van der Waals surface area contributed by atoms with Gasteiger partial charge in [0.2, 0.25) is 0 Å². The van der Waals surface area contributed by atoms with Crippen molar-refractivity contribution in [2.75, 3.05) is 50.1 Å². The number of amides is 1. The molecule has 0 bridgehead atoms. The van der Waals surface area contributed by atoms with E-state index in [1.807, 2.05) is 18.2 Å². The first-order valence-electron chi connectivity index (χ1n) is 8.83. The van der Waals surface area contributed by atoms with Gasteiger partial charge in [0.25, 0.3) is 5.91 Å². The van der Waals surface area contributed by atoms with E-state index >= 15 is 0 Å². The van der Waals surface area contributed by atoms with Crippen LogP contribution < -0.4 is 15.0 Å². The van der Waals surface area contributed by atoms with Crippen LogP contribution in [0.1, 0.15) is 17.3 Å². The summed E-state index contributed by atoms with van der Waals surface area (Å²) < 4.78 is 5.14. The zero-order valence-electron chi connectivity index (χ0n) is 15.2. The van der Waals surface area contributed by atoms with E-state index in [9.17, 15) is 4.79 Å². The van der Waals surface area contributed by atoms with Crippen molar-refractivity contribution in [3.05, 3.63) is 53.1 Å². The highest BCUT2D eigenvalue weighted by Crippen LogP contribution is 2.30. The molecule has 1 saturated heterocycles. The number of nitrogens with one attached hydrogen (secondary N) is 1. The number of hydrogen-bond acceptors (Lipinski definition) is 4. The first-order valence-corrected chi connectivity index (χ1v) is 9.20. The SMILES string of the molecule is CCN1CCN(c2ccc(Cl)cc2NC(=O)c2ccc(OC)cc2)CC1. The summed E-state index contributed by atoms with van der Waals surface area (Å²) in [5.41, 5.74) is 2.32. The minimum atomic E-state index is -0.164. The zero-order valence-corrected chi connectivity index (χ0v) is 15.9. The number of hydrogen-bond donors (Lipinski definition) is 1. The van der Waals surface area contributed by atoms with Crippen LogP contribution in [-0.4, -0.2) is 50.6 Å². The van der Waals surface area contributed by atoms with Gasteiger partial charge in [-0.2, -0.15) is 0 Å². The smallest absolute Gasteiger partial charge is 0.255 e. The minimum absolute atomic E-state index is 0.164. The number of methoxy groups -OCH3 is 1. The third kappa shape index (κ3) is 4.29. The first kappa shape index (κ1) is 18.5. The van der Waals surface area contributed by atoms with Crippen LogP contribution in [0.4, 0.5) is 11.4 Å². The topological polar surface area (TPSA) is 44.8 Å². The van der Waals surface area contributed by atoms with E-state index in [-0.39, 0.29) is 5.91 Å². The van der Waals surface area contributed by atoms with E-state index in [0.29, 0.717) is 10.6 Å². The van der Waals surface area contributed by atoms with E-state index in [2.05, 4.69) is 22.0 Å². The maximum Gasteiger partial charge on any atom is 0.255 e. The summed E-state index contributed by atoms with van der Waals surface area (Å²) in [5, 5.41) is 3.61. The molecule has 0 aliphatic carbocycles. The molecule has 0 radical (unpaired) electrons. The maximum atomic E-state index is 12.6. The molecule has 1 aliphatic rings. The second-order valence-electron chi connectivity index (χ2n) is 6.27. The Morgan fingerprint density at radius 3 is 2.42 bits per heavy atom. The van der Waals surface area contributed by atoms with Crippen molar-refractivity contribution in [1.29, 1.82) is 0 Å². The molecular weight excluding hydrogens is 350 g/mol. The van der Waals surface area contributed by atoms with Crippen molar-refractivity contribution in [1.82, 2.24) is 4.90 Å². The first-order chi connectivity index (χ1) is 12.6. The van der Waals surface area contributed by atoms with Crippen LogP contribution in [0, 0.1) is 0 Å². The van der Waals surface area contributed by atoms with Gasteiger partial charge < -0.3 is 19.9 Å². The van der Waals surface area contributed by atoms with Gasteiger partial charge in [-0.05, 0) is 49.0 Å². The van der Waals surface area contributed by atoms with E-state index in [0.717, 1.165) is 49.8 Å². The molecule has 2 aromatic rings. The fraction of sp³-hybridized carbons (Fsp3) is 0.350. The molecule has 1 aliphatic heterocycles. The number of ether oxygens (including phenoxy) is 1. The fourth-order valence-electron chi connectivity index (χ4n) is 3.13. The predicted octanol–water partition coefficient (Wildman–Crippen LogP) is 3.74. The summed E-state index contributed by atoms with van der Waals surface area (Å²) in [5.74, 6) is 0.558. The number of carbonyl (C=O) groups is 1. The van der Waals surface area contributed by atoms with Crippen molar-refractivity contribution in [2.45, 2.75) is 6.92 Å². The van der Waals surface area contributed by atoms with Crippen LogP contribution >= 0.6 is 11.6 Å². The molecular formula is C20H24ClN3O2. The lowest BCUT2D eigenvalue weighted by atomic mass is 10.1. The molecule has 1 fully saturated rings. The normalized spacial score (nSPS) is 15.0. The summed E-state index contributed by atoms with van der Waals surface area (Å²) in [6, 6.07) is 12.7. The Labute approximate surface area is 159 Å². The Morgan fingerprint density at radius 1 is 1.12 bits per heavy atom. The highest BCUT2D eigenvalue weighted by molar-refractivity contribution is 6.31. The highest BCUT2D eigenvalue weighted by Gasteiger charge is 2.19. The number of anilines is 2. The maximum absolute atomic E-state index is 12.6. The number of piperazine rings is 1. The monoisotopic (exact) mass is 373 g/mol. The van der Waals surface area contributed by atoms with Crippen LogP contribution in [0.2, 0.25) is 5.02 Å². The van der Waals surface area contributed by atoms with Crippen molar-refractivity contribution in [3.8, 4) is 5.75 Å². The molecule has 1 heterocycles. The van der Waals surface area contributed by atoms with Crippen molar-refractivity contribution < 1.29 is 9.53 Å². The standard InChI is InChI=1S/C20H24ClN3O2/c1-3-23-10-12-24(13-11-23)19-9-6-16(21)14-18(19)22-20(25)15-4-7-17(26-2)8-5-15/h4-9,14H,3,10-13H2,1-2H3,(H,22,25). The lowest BCUT2D eigenvalue weighted by Crippen LogP contribution is -2.46. The molecule has 2 aromatic carbocycles. The Morgan fingerprint density at radius 2 is 1.81 bits per heavy atom. The van der Waals surface area contributed by atoms with Gasteiger partial charge in [-0.1, -0.05) is 18.5 Å². The summed E-state index contributed by atoms with van der Waals surface area (Å²) in [7, 11) is 1.60. The van der Waals surface area contributed by atoms with Gasteiger partial charge in [0.05, 0.1) is 18.5 Å². The molecule has 0 atom stereocenters. The number of carbonyl (C=O) groups excluding carboxylic acids is 1. The molecule has 0 aromatic heterocycles. The fourth-order valence-corrected chi connectivity index (χ4v) is 3.30. The molecule has 0 saturated carbocycles. The molecule has 0 unspecified atom stereocenters. The van der Waals surface area contributed by atoms with Crippen molar-refractivity contribution in [3.63, 3.8) is 0 Å². The van der Waals surface area contributed by atoms with Crippen LogP contribution in [-0.2, 0) is 0 Å². The largest absolute Gasteiger partial charge is 0.497 e. The summed E-state index contributed by atoms with van der Waals surface area (Å²) in [4.78, 5) is 17.4. The van der Waals surface area contributed by atoms with Crippen LogP contribution in [0.15, 0.2) is 42.5 Å². The van der Waals surface area contributed by atoms with Gasteiger partial charge >= 0.3 is 0 Å². The highest BCUT2D eigenvalue weighted by atomic mass is 35.5. The molecule has 1 amide bonds. The van der Waals surface area contributed by atoms with E-state index < -0.39 is 0 Å². The van der Waals surface area contributed by atoms with E-state index in [1.165, 1.54) is 0 Å². The summed E-state index contributed by atoms with van der Waals surface area (Å²) in [6.07, 6.45) is 0. The molecule has 0 spiro atoms. The Kier molecular flexibility index (Phi) is 6.01. The number of likely N-dealkylation sites (N-methyl/N-ethyl adjacent to an activating group) is 1. The Balaban J connectivity index is 1.78. The summed E-state index contributed by atoms with van der Waals surface area (Å²) in [6.45, 7) is 7.14. The predicted molar refractivity (Wildman–Crippen MR) is 107 cm³/mol. The quantitative estimate of drug-likeness (QED) is 0.867. The van der Waals surface area contributed by atoms with Gasteiger partial charge in [-0.3, -0.25) is 4.79 Å². The van der Waals surface area contributed by atoms with E-state index in [1.54, 1.807) is 31.4 Å². The average molecular weight is 374 g/mol. The minimum Gasteiger partial charge on any atom is -0.497 e. The van der Waals surface area contributed by atoms with Crippen LogP contribution in [0.3, 0.4) is 0 Å². The van der Waals surface area contributed by atoms with Crippen LogP contribution in [0.5, 0.6) is 5.75 Å². The summed E-state index contributed by atoms with van der Waals surface area (Å²) >= 11 is 6.18. The van der Waals surface area contributed by atoms with Gasteiger partial charge in [0.15, 0.2) is 0 Å². The van der Waals surface area contributed by atoms with E-state index in [4.69, 9.17) is 16.3 Å². The van der Waals surface area contributed by atoms with Gasteiger partial charge in [-0.25, -0.2) is 0 Å². The molecule has 6 heteroatoms. The van der Waals surface area contributed by atoms with Gasteiger partial charge in [-0.15, -0.1) is 0 Å². The van der Waals surface area contributed by atoms with Crippen LogP contribution in [0.25, 0.3) is 0 Å². The second-order valence-corrected chi connectivity index (χ2v) is 6.70. The lowest BCUT2D eigenvalue weighted by molar-refractivity contribution is 0.102. The Hall–Kier alpha value is -2.24. The lowest BCUT2D eigenvalue weighted by Gasteiger charge is -2.36. The molecule has 138 valence electrons. The third-order valence-corrected chi connectivity index (χ3v) is 4.95. The second kappa shape index (κ2) is 8.43. The van der Waals surface area contributed by atoms with Gasteiger partial charge in [0.1, 0.15) is 5.75 Å². The van der Waals surface area contributed by atoms with Gasteiger partial charge in [0, 0.05) is 36.8 Å². The molecule has 5 nitrogen and oxygen atoms in total. The number of benzene rings is 2. The van der Waals surface area contributed by atoms with Crippen molar-refractivity contribution >= 4 is 28.9 Å². The number of rotatable bonds is 5. The number of halogens is 1.